The first-order valence-corrected chi connectivity index (χ1v) is 13.7. The highest BCUT2D eigenvalue weighted by atomic mass is 19.3. The predicted molar refractivity (Wildman–Crippen MR) is 139 cm³/mol. The smallest absolute Gasteiger partial charge is 0.343 e. The molecule has 0 radical (unpaired) electrons. The fraction of sp³-hybridized carbons (Fsp3) is 0.483. The highest BCUT2D eigenvalue weighted by Crippen LogP contribution is 2.44. The molecule has 4 aliphatic rings. The molecule has 210 valence electrons. The number of rotatable bonds is 6. The highest BCUT2D eigenvalue weighted by Gasteiger charge is 2.50. The molecule has 3 aromatic rings. The van der Waals surface area contributed by atoms with Gasteiger partial charge in [-0.2, -0.15) is 0 Å². The topological polar surface area (TPSA) is 93.8 Å². The van der Waals surface area contributed by atoms with Gasteiger partial charge < -0.3 is 19.0 Å². The van der Waals surface area contributed by atoms with Crippen molar-refractivity contribution in [2.75, 3.05) is 6.54 Å². The lowest BCUT2D eigenvalue weighted by Crippen LogP contribution is -2.52. The van der Waals surface area contributed by atoms with Crippen molar-refractivity contribution in [1.82, 2.24) is 14.0 Å². The molecule has 0 amide bonds. The Balaban J connectivity index is 1.38. The number of fused-ring (bicyclic) bond motifs is 5. The molecule has 7 rings (SSSR count). The minimum Gasteiger partial charge on any atom is -0.458 e. The summed E-state index contributed by atoms with van der Waals surface area (Å²) in [6.07, 6.45) is 1.52. The van der Waals surface area contributed by atoms with Gasteiger partial charge in [-0.3, -0.25) is 14.5 Å². The summed E-state index contributed by atoms with van der Waals surface area (Å²) in [5.74, 6) is -4.09. The molecule has 2 aromatic heterocycles. The first-order chi connectivity index (χ1) is 19.0. The summed E-state index contributed by atoms with van der Waals surface area (Å²) < 4.78 is 50.2. The van der Waals surface area contributed by atoms with Gasteiger partial charge in [0.1, 0.15) is 12.4 Å². The van der Waals surface area contributed by atoms with Crippen LogP contribution in [0.3, 0.4) is 0 Å². The van der Waals surface area contributed by atoms with E-state index in [4.69, 9.17) is 4.74 Å². The summed E-state index contributed by atoms with van der Waals surface area (Å²) in [5, 5.41) is 11.3. The number of cyclic esters (lactones) is 1. The van der Waals surface area contributed by atoms with Crippen molar-refractivity contribution in [3.05, 3.63) is 67.5 Å². The van der Waals surface area contributed by atoms with Crippen LogP contribution in [0, 0.1) is 5.82 Å². The Labute approximate surface area is 226 Å². The van der Waals surface area contributed by atoms with E-state index in [-0.39, 0.29) is 72.3 Å². The van der Waals surface area contributed by atoms with Crippen LogP contribution in [0.1, 0.15) is 55.8 Å². The minimum atomic E-state index is -2.64. The van der Waals surface area contributed by atoms with Crippen LogP contribution in [0.2, 0.25) is 0 Å². The Morgan fingerprint density at radius 2 is 1.88 bits per heavy atom. The molecule has 0 unspecified atom stereocenters. The van der Waals surface area contributed by atoms with Crippen molar-refractivity contribution in [2.24, 2.45) is 0 Å². The third-order valence-electron chi connectivity index (χ3n) is 9.08. The average Bonchev–Trinajstić information content (AvgIpc) is 3.67. The molecule has 1 aromatic carbocycles. The number of aliphatic hydroxyl groups is 1. The molecule has 1 N–H and O–H groups in total. The fourth-order valence-corrected chi connectivity index (χ4v) is 6.72. The van der Waals surface area contributed by atoms with Crippen LogP contribution in [-0.2, 0) is 34.8 Å². The van der Waals surface area contributed by atoms with E-state index >= 15 is 0 Å². The van der Waals surface area contributed by atoms with E-state index < -0.39 is 34.3 Å². The number of carbonyl (C=O) groups excluding carboxylic acids is 1. The van der Waals surface area contributed by atoms with Gasteiger partial charge in [-0.15, -0.1) is 0 Å². The van der Waals surface area contributed by atoms with Gasteiger partial charge >= 0.3 is 5.97 Å². The lowest BCUT2D eigenvalue weighted by molar-refractivity contribution is -0.172. The lowest BCUT2D eigenvalue weighted by atomic mass is 9.85. The number of pyridine rings is 2. The molecule has 40 heavy (non-hydrogen) atoms. The van der Waals surface area contributed by atoms with Gasteiger partial charge in [0.05, 0.1) is 34.6 Å². The number of hydrogen-bond acceptors (Lipinski definition) is 6. The Hall–Kier alpha value is -3.44. The zero-order valence-electron chi connectivity index (χ0n) is 21.9. The molecular formula is C29H28F3N3O5. The maximum Gasteiger partial charge on any atom is 0.343 e. The number of hydrogen-bond donors (Lipinski definition) is 1. The SMILES string of the molecule is CC[C@@]1(O)C(=O)OCc2c1cc1n(c2=O)Cc2c-1c(=O)c1cc(F)ccc1n2CCN(C1CC1)C1CC(F)(F)C1. The van der Waals surface area contributed by atoms with E-state index in [1.165, 1.54) is 28.8 Å². The number of alkyl halides is 2. The second kappa shape index (κ2) is 8.53. The quantitative estimate of drug-likeness (QED) is 0.367. The second-order valence-corrected chi connectivity index (χ2v) is 11.5. The summed E-state index contributed by atoms with van der Waals surface area (Å²) in [4.78, 5) is 42.0. The molecule has 2 fully saturated rings. The Morgan fingerprint density at radius 3 is 2.55 bits per heavy atom. The molecule has 0 spiro atoms. The third-order valence-corrected chi connectivity index (χ3v) is 9.08. The molecule has 2 saturated carbocycles. The van der Waals surface area contributed by atoms with Gasteiger partial charge in [0.15, 0.2) is 11.0 Å². The highest BCUT2D eigenvalue weighted by molar-refractivity contribution is 5.88. The van der Waals surface area contributed by atoms with Crippen molar-refractivity contribution in [1.29, 1.82) is 0 Å². The number of aromatic nitrogens is 2. The van der Waals surface area contributed by atoms with Crippen LogP contribution in [0.15, 0.2) is 33.9 Å². The first-order valence-electron chi connectivity index (χ1n) is 13.7. The van der Waals surface area contributed by atoms with E-state index in [2.05, 4.69) is 4.90 Å². The summed E-state index contributed by atoms with van der Waals surface area (Å²) in [6, 6.07) is 5.51. The number of esters is 1. The van der Waals surface area contributed by atoms with Gasteiger partial charge in [-0.25, -0.2) is 18.0 Å². The van der Waals surface area contributed by atoms with Crippen molar-refractivity contribution in [3.8, 4) is 11.3 Å². The van der Waals surface area contributed by atoms with Gasteiger partial charge in [-0.05, 0) is 43.5 Å². The Bertz CT molecular complexity index is 1720. The van der Waals surface area contributed by atoms with Gasteiger partial charge in [0.25, 0.3) is 11.5 Å². The van der Waals surface area contributed by atoms with E-state index in [1.54, 1.807) is 6.92 Å². The number of halogens is 3. The van der Waals surface area contributed by atoms with Crippen molar-refractivity contribution in [3.63, 3.8) is 0 Å². The molecule has 2 aliphatic carbocycles. The van der Waals surface area contributed by atoms with Gasteiger partial charge in [0, 0.05) is 49.0 Å². The molecular weight excluding hydrogens is 527 g/mol. The van der Waals surface area contributed by atoms with E-state index in [1.807, 2.05) is 4.57 Å². The van der Waals surface area contributed by atoms with E-state index in [0.717, 1.165) is 12.8 Å². The molecule has 0 saturated heterocycles. The minimum absolute atomic E-state index is 0.0288. The van der Waals surface area contributed by atoms with Crippen LogP contribution in [0.5, 0.6) is 0 Å². The van der Waals surface area contributed by atoms with Crippen molar-refractivity contribution >= 4 is 16.9 Å². The van der Waals surface area contributed by atoms with Crippen molar-refractivity contribution in [2.45, 2.75) is 82.3 Å². The largest absolute Gasteiger partial charge is 0.458 e. The number of nitrogens with zero attached hydrogens (tertiary/aromatic N) is 3. The summed E-state index contributed by atoms with van der Waals surface area (Å²) in [7, 11) is 0. The molecule has 0 bridgehead atoms. The maximum absolute atomic E-state index is 14.4. The van der Waals surface area contributed by atoms with Crippen LogP contribution in [-0.4, -0.2) is 49.7 Å². The molecule has 2 aliphatic heterocycles. The molecule has 11 heteroatoms. The summed E-state index contributed by atoms with van der Waals surface area (Å²) in [6.45, 7) is 2.19. The lowest BCUT2D eigenvalue weighted by Gasteiger charge is -2.43. The number of benzene rings is 1. The standard InChI is InChI=1S/C29H28F3N3O5/c1-2-29(39)20-10-22-24-23(13-35(22)26(37)19(20)14-40-27(29)38)34(21-6-3-15(30)9-18(21)25(24)36)8-7-33(16-4-5-16)17-11-28(31,32)12-17/h3,6,9-10,16-17,39H,2,4-5,7-8,11-14H2,1H3/t29-/m0/s1. The summed E-state index contributed by atoms with van der Waals surface area (Å²) >= 11 is 0. The normalized spacial score (nSPS) is 23.1. The molecule has 4 heterocycles. The average molecular weight is 556 g/mol. The predicted octanol–water partition coefficient (Wildman–Crippen LogP) is 3.25. The monoisotopic (exact) mass is 555 g/mol. The molecule has 1 atom stereocenters. The maximum atomic E-state index is 14.4. The first kappa shape index (κ1) is 25.5. The number of ether oxygens (including phenoxy) is 1. The second-order valence-electron chi connectivity index (χ2n) is 11.5. The zero-order chi connectivity index (χ0) is 28.1. The van der Waals surface area contributed by atoms with E-state index in [0.29, 0.717) is 24.3 Å². The summed E-state index contributed by atoms with van der Waals surface area (Å²) in [5.41, 5.74) is -1.18. The van der Waals surface area contributed by atoms with Crippen LogP contribution < -0.4 is 11.0 Å². The Kier molecular flexibility index (Phi) is 5.44. The van der Waals surface area contributed by atoms with Crippen LogP contribution in [0.25, 0.3) is 22.2 Å². The van der Waals surface area contributed by atoms with Crippen molar-refractivity contribution < 1.29 is 27.8 Å². The van der Waals surface area contributed by atoms with Crippen LogP contribution >= 0.6 is 0 Å². The number of carbonyl (C=O) groups is 1. The zero-order valence-corrected chi connectivity index (χ0v) is 21.9. The Morgan fingerprint density at radius 1 is 1.12 bits per heavy atom. The van der Waals surface area contributed by atoms with Gasteiger partial charge in [0.2, 0.25) is 0 Å². The third kappa shape index (κ3) is 3.63. The fourth-order valence-electron chi connectivity index (χ4n) is 6.72. The van der Waals surface area contributed by atoms with Gasteiger partial charge in [-0.1, -0.05) is 6.92 Å². The van der Waals surface area contributed by atoms with Crippen LogP contribution in [0.4, 0.5) is 13.2 Å². The van der Waals surface area contributed by atoms with E-state index in [9.17, 15) is 32.7 Å². The molecule has 8 nitrogen and oxygen atoms in total.